The molecular formula is C12H18BrN3. The smallest absolute Gasteiger partial charge is 0.128 e. The first-order valence-corrected chi connectivity index (χ1v) is 6.69. The van der Waals surface area contributed by atoms with Crippen molar-refractivity contribution in [2.45, 2.75) is 25.8 Å². The molecule has 2 rings (SSSR count). The molecule has 1 N–H and O–H groups in total. The molecular weight excluding hydrogens is 266 g/mol. The Hall–Kier alpha value is -0.610. The fraction of sp³-hybridized carbons (Fsp3) is 0.583. The van der Waals surface area contributed by atoms with Gasteiger partial charge in [-0.2, -0.15) is 0 Å². The van der Waals surface area contributed by atoms with Gasteiger partial charge in [-0.05, 0) is 47.4 Å². The van der Waals surface area contributed by atoms with Gasteiger partial charge >= 0.3 is 0 Å². The van der Waals surface area contributed by atoms with E-state index in [1.54, 1.807) is 0 Å². The van der Waals surface area contributed by atoms with Crippen molar-refractivity contribution < 1.29 is 0 Å². The van der Waals surface area contributed by atoms with Crippen LogP contribution in [0.3, 0.4) is 0 Å². The van der Waals surface area contributed by atoms with Crippen molar-refractivity contribution in [1.82, 2.24) is 10.3 Å². The highest BCUT2D eigenvalue weighted by atomic mass is 79.9. The van der Waals surface area contributed by atoms with E-state index in [1.807, 2.05) is 6.20 Å². The van der Waals surface area contributed by atoms with Crippen LogP contribution in [0.5, 0.6) is 0 Å². The zero-order valence-corrected chi connectivity index (χ0v) is 11.2. The highest BCUT2D eigenvalue weighted by Gasteiger charge is 2.22. The highest BCUT2D eigenvalue weighted by molar-refractivity contribution is 9.10. The Morgan fingerprint density at radius 1 is 1.56 bits per heavy atom. The second-order valence-electron chi connectivity index (χ2n) is 4.22. The Morgan fingerprint density at radius 3 is 3.12 bits per heavy atom. The topological polar surface area (TPSA) is 28.2 Å². The van der Waals surface area contributed by atoms with E-state index in [0.29, 0.717) is 6.04 Å². The molecule has 2 heterocycles. The lowest BCUT2D eigenvalue weighted by molar-refractivity contribution is 0.549. The summed E-state index contributed by atoms with van der Waals surface area (Å²) in [6.07, 6.45) is 4.28. The van der Waals surface area contributed by atoms with Crippen molar-refractivity contribution in [3.05, 3.63) is 22.8 Å². The molecule has 1 aromatic heterocycles. The third-order valence-electron chi connectivity index (χ3n) is 2.91. The van der Waals surface area contributed by atoms with Crippen LogP contribution in [0.25, 0.3) is 0 Å². The summed E-state index contributed by atoms with van der Waals surface area (Å²) < 4.78 is 1.04. The molecule has 0 radical (unpaired) electrons. The molecule has 1 saturated heterocycles. The molecule has 0 aromatic carbocycles. The molecule has 3 nitrogen and oxygen atoms in total. The normalized spacial score (nSPS) is 20.4. The Labute approximate surface area is 105 Å². The van der Waals surface area contributed by atoms with Crippen LogP contribution in [0.15, 0.2) is 22.8 Å². The van der Waals surface area contributed by atoms with Gasteiger partial charge in [-0.25, -0.2) is 4.98 Å². The second-order valence-corrected chi connectivity index (χ2v) is 5.14. The summed E-state index contributed by atoms with van der Waals surface area (Å²) in [4.78, 5) is 6.77. The maximum atomic E-state index is 4.43. The van der Waals surface area contributed by atoms with Gasteiger partial charge in [0.25, 0.3) is 0 Å². The highest BCUT2D eigenvalue weighted by Crippen LogP contribution is 2.19. The zero-order chi connectivity index (χ0) is 11.4. The van der Waals surface area contributed by atoms with Gasteiger partial charge < -0.3 is 10.2 Å². The van der Waals surface area contributed by atoms with Crippen molar-refractivity contribution in [3.63, 3.8) is 0 Å². The number of halogens is 1. The van der Waals surface area contributed by atoms with Crippen LogP contribution in [0.4, 0.5) is 5.82 Å². The van der Waals surface area contributed by atoms with Crippen molar-refractivity contribution >= 4 is 21.7 Å². The molecule has 4 heteroatoms. The number of hydrogen-bond donors (Lipinski definition) is 1. The largest absolute Gasteiger partial charge is 0.355 e. The predicted octanol–water partition coefficient (Wildman–Crippen LogP) is 2.42. The van der Waals surface area contributed by atoms with Crippen LogP contribution < -0.4 is 10.2 Å². The van der Waals surface area contributed by atoms with Crippen LogP contribution in [0, 0.1) is 0 Å². The van der Waals surface area contributed by atoms with E-state index in [9.17, 15) is 0 Å². The van der Waals surface area contributed by atoms with Gasteiger partial charge in [-0.15, -0.1) is 0 Å². The van der Waals surface area contributed by atoms with Crippen LogP contribution in [-0.4, -0.2) is 30.7 Å². The Balaban J connectivity index is 1.90. The summed E-state index contributed by atoms with van der Waals surface area (Å²) in [5.74, 6) is 1.09. The van der Waals surface area contributed by atoms with E-state index in [2.05, 4.69) is 50.2 Å². The van der Waals surface area contributed by atoms with Gasteiger partial charge in [0, 0.05) is 29.8 Å². The molecule has 1 aliphatic heterocycles. The molecule has 1 atom stereocenters. The van der Waals surface area contributed by atoms with Gasteiger partial charge in [0.15, 0.2) is 0 Å². The molecule has 0 spiro atoms. The number of nitrogens with one attached hydrogen (secondary N) is 1. The van der Waals surface area contributed by atoms with E-state index in [4.69, 9.17) is 0 Å². The molecule has 1 aromatic rings. The quantitative estimate of drug-likeness (QED) is 0.920. The predicted molar refractivity (Wildman–Crippen MR) is 70.8 cm³/mol. The molecule has 0 saturated carbocycles. The Bertz CT molecular complexity index is 326. The number of aromatic nitrogens is 1. The van der Waals surface area contributed by atoms with Gasteiger partial charge in [-0.1, -0.05) is 6.92 Å². The van der Waals surface area contributed by atoms with Crippen LogP contribution in [0.1, 0.15) is 19.8 Å². The molecule has 16 heavy (non-hydrogen) atoms. The first-order valence-electron chi connectivity index (χ1n) is 5.89. The average Bonchev–Trinajstić information content (AvgIpc) is 2.76. The molecule has 88 valence electrons. The van der Waals surface area contributed by atoms with Gasteiger partial charge in [-0.3, -0.25) is 0 Å². The van der Waals surface area contributed by atoms with E-state index in [0.717, 1.165) is 29.9 Å². The minimum Gasteiger partial charge on any atom is -0.355 e. The van der Waals surface area contributed by atoms with Gasteiger partial charge in [0.2, 0.25) is 0 Å². The lowest BCUT2D eigenvalue weighted by Crippen LogP contribution is -2.33. The molecule has 1 unspecified atom stereocenters. The van der Waals surface area contributed by atoms with E-state index >= 15 is 0 Å². The third kappa shape index (κ3) is 2.95. The standard InChI is InChI=1S/C12H18BrN3/c1-2-6-14-11-5-7-16(9-11)12-4-3-10(13)8-15-12/h3-4,8,11,14H,2,5-7,9H2,1H3. The number of nitrogens with zero attached hydrogens (tertiary/aromatic N) is 2. The van der Waals surface area contributed by atoms with Crippen molar-refractivity contribution in [3.8, 4) is 0 Å². The monoisotopic (exact) mass is 283 g/mol. The van der Waals surface area contributed by atoms with E-state index in [1.165, 1.54) is 12.8 Å². The number of rotatable bonds is 4. The maximum absolute atomic E-state index is 4.43. The van der Waals surface area contributed by atoms with E-state index in [-0.39, 0.29) is 0 Å². The third-order valence-corrected chi connectivity index (χ3v) is 3.38. The fourth-order valence-electron chi connectivity index (χ4n) is 2.04. The Morgan fingerprint density at radius 2 is 2.44 bits per heavy atom. The maximum Gasteiger partial charge on any atom is 0.128 e. The summed E-state index contributed by atoms with van der Waals surface area (Å²) in [6.45, 7) is 5.51. The van der Waals surface area contributed by atoms with Crippen molar-refractivity contribution in [2.24, 2.45) is 0 Å². The zero-order valence-electron chi connectivity index (χ0n) is 9.62. The molecule has 0 bridgehead atoms. The first kappa shape index (κ1) is 11.9. The minimum atomic E-state index is 0.630. The lowest BCUT2D eigenvalue weighted by Gasteiger charge is -2.17. The minimum absolute atomic E-state index is 0.630. The first-order chi connectivity index (χ1) is 7.79. The average molecular weight is 284 g/mol. The molecule has 1 aliphatic rings. The fourth-order valence-corrected chi connectivity index (χ4v) is 2.27. The molecule has 0 aliphatic carbocycles. The van der Waals surface area contributed by atoms with Crippen LogP contribution in [0.2, 0.25) is 0 Å². The van der Waals surface area contributed by atoms with Crippen LogP contribution in [-0.2, 0) is 0 Å². The second kappa shape index (κ2) is 5.64. The number of pyridine rings is 1. The summed E-state index contributed by atoms with van der Waals surface area (Å²) in [5.41, 5.74) is 0. The Kier molecular flexibility index (Phi) is 4.18. The SMILES string of the molecule is CCCNC1CCN(c2ccc(Br)cn2)C1. The summed E-state index contributed by atoms with van der Waals surface area (Å²) in [6, 6.07) is 4.76. The van der Waals surface area contributed by atoms with Gasteiger partial charge in [0.1, 0.15) is 5.82 Å². The van der Waals surface area contributed by atoms with E-state index < -0.39 is 0 Å². The lowest BCUT2D eigenvalue weighted by atomic mass is 10.2. The van der Waals surface area contributed by atoms with Crippen molar-refractivity contribution in [2.75, 3.05) is 24.5 Å². The molecule has 0 amide bonds. The summed E-state index contributed by atoms with van der Waals surface area (Å²) in [7, 11) is 0. The van der Waals surface area contributed by atoms with Crippen LogP contribution >= 0.6 is 15.9 Å². The number of anilines is 1. The summed E-state index contributed by atoms with van der Waals surface area (Å²) in [5, 5.41) is 3.56. The van der Waals surface area contributed by atoms with Crippen molar-refractivity contribution in [1.29, 1.82) is 0 Å². The molecule has 1 fully saturated rings. The summed E-state index contributed by atoms with van der Waals surface area (Å²) >= 11 is 3.41. The number of hydrogen-bond acceptors (Lipinski definition) is 3. The van der Waals surface area contributed by atoms with Gasteiger partial charge in [0.05, 0.1) is 0 Å².